The van der Waals surface area contributed by atoms with Gasteiger partial charge in [-0.2, -0.15) is 4.39 Å². The number of benzene rings is 1. The number of likely N-dealkylation sites (N-methyl/N-ethyl adjacent to an activating group) is 1. The van der Waals surface area contributed by atoms with Crippen LogP contribution in [-0.4, -0.2) is 18.7 Å². The zero-order chi connectivity index (χ0) is 14.0. The van der Waals surface area contributed by atoms with Gasteiger partial charge in [-0.25, -0.2) is 4.39 Å². The summed E-state index contributed by atoms with van der Waals surface area (Å²) in [5.41, 5.74) is 0.102. The van der Waals surface area contributed by atoms with Crippen LogP contribution in [0.2, 0.25) is 0 Å². The highest BCUT2D eigenvalue weighted by Crippen LogP contribution is 2.39. The van der Waals surface area contributed by atoms with Crippen molar-refractivity contribution in [2.75, 3.05) is 6.54 Å². The van der Waals surface area contributed by atoms with E-state index < -0.39 is 11.6 Å². The van der Waals surface area contributed by atoms with Gasteiger partial charge in [-0.15, -0.1) is 0 Å². The van der Waals surface area contributed by atoms with E-state index in [0.717, 1.165) is 25.5 Å². The van der Waals surface area contributed by atoms with Crippen molar-refractivity contribution in [1.29, 1.82) is 0 Å². The van der Waals surface area contributed by atoms with E-state index in [2.05, 4.69) is 19.2 Å². The van der Waals surface area contributed by atoms with Crippen LogP contribution in [0.3, 0.4) is 0 Å². The lowest BCUT2D eigenvalue weighted by molar-refractivity contribution is 0.135. The van der Waals surface area contributed by atoms with Gasteiger partial charge in [0.1, 0.15) is 6.10 Å². The van der Waals surface area contributed by atoms with Gasteiger partial charge in [0.2, 0.25) is 5.82 Å². The molecule has 0 radical (unpaired) electrons. The number of halogens is 2. The maximum Gasteiger partial charge on any atom is 0.200 e. The fourth-order valence-electron chi connectivity index (χ4n) is 2.83. The van der Waals surface area contributed by atoms with Crippen molar-refractivity contribution in [1.82, 2.24) is 5.32 Å². The first kappa shape index (κ1) is 14.3. The predicted octanol–water partition coefficient (Wildman–Crippen LogP) is 3.51. The number of hydrogen-bond acceptors (Lipinski definition) is 2. The van der Waals surface area contributed by atoms with Crippen molar-refractivity contribution in [3.05, 3.63) is 29.8 Å². The van der Waals surface area contributed by atoms with Crippen LogP contribution in [0.25, 0.3) is 0 Å². The summed E-state index contributed by atoms with van der Waals surface area (Å²) in [6.45, 7) is 7.21. The first-order valence-corrected chi connectivity index (χ1v) is 6.79. The summed E-state index contributed by atoms with van der Waals surface area (Å²) in [6, 6.07) is 4.20. The molecule has 1 fully saturated rings. The lowest BCUT2D eigenvalue weighted by atomic mass is 9.87. The van der Waals surface area contributed by atoms with E-state index in [1.807, 2.05) is 6.92 Å². The molecule has 1 aromatic carbocycles. The second kappa shape index (κ2) is 5.45. The highest BCUT2D eigenvalue weighted by Gasteiger charge is 2.43. The monoisotopic (exact) mass is 269 g/mol. The third-order valence-electron chi connectivity index (χ3n) is 3.91. The minimum atomic E-state index is -0.901. The minimum Gasteiger partial charge on any atom is -0.486 e. The molecule has 1 N–H and O–H groups in total. The van der Waals surface area contributed by atoms with Crippen molar-refractivity contribution in [3.63, 3.8) is 0 Å². The Morgan fingerprint density at radius 1 is 1.37 bits per heavy atom. The molecule has 0 saturated heterocycles. The van der Waals surface area contributed by atoms with Gasteiger partial charge in [0.15, 0.2) is 11.6 Å². The highest BCUT2D eigenvalue weighted by molar-refractivity contribution is 5.25. The normalized spacial score (nSPS) is 25.5. The molecular weight excluding hydrogens is 248 g/mol. The molecular formula is C15H21F2NO. The van der Waals surface area contributed by atoms with Crippen LogP contribution < -0.4 is 10.1 Å². The first-order valence-electron chi connectivity index (χ1n) is 6.79. The summed E-state index contributed by atoms with van der Waals surface area (Å²) >= 11 is 0. The molecule has 1 saturated carbocycles. The molecule has 0 amide bonds. The van der Waals surface area contributed by atoms with Crippen LogP contribution in [0.15, 0.2) is 18.2 Å². The Morgan fingerprint density at radius 3 is 2.79 bits per heavy atom. The third-order valence-corrected chi connectivity index (χ3v) is 3.91. The summed E-state index contributed by atoms with van der Waals surface area (Å²) in [5.74, 6) is -1.76. The van der Waals surface area contributed by atoms with Crippen molar-refractivity contribution >= 4 is 0 Å². The number of rotatable bonds is 4. The van der Waals surface area contributed by atoms with Gasteiger partial charge in [0.05, 0.1) is 0 Å². The summed E-state index contributed by atoms with van der Waals surface area (Å²) in [7, 11) is 0. The molecule has 1 aliphatic carbocycles. The molecule has 106 valence electrons. The number of hydrogen-bond donors (Lipinski definition) is 1. The minimum absolute atomic E-state index is 0.00519. The molecule has 4 heteroatoms. The lowest BCUT2D eigenvalue weighted by Crippen LogP contribution is -2.46. The van der Waals surface area contributed by atoms with Gasteiger partial charge in [-0.1, -0.05) is 26.8 Å². The second-order valence-corrected chi connectivity index (χ2v) is 5.77. The fraction of sp³-hybridized carbons (Fsp3) is 0.600. The van der Waals surface area contributed by atoms with E-state index in [9.17, 15) is 8.78 Å². The highest BCUT2D eigenvalue weighted by atomic mass is 19.2. The predicted molar refractivity (Wildman–Crippen MR) is 71.3 cm³/mol. The van der Waals surface area contributed by atoms with E-state index in [1.165, 1.54) is 12.1 Å². The van der Waals surface area contributed by atoms with E-state index in [4.69, 9.17) is 4.74 Å². The number of ether oxygens (including phenoxy) is 1. The Kier molecular flexibility index (Phi) is 4.09. The van der Waals surface area contributed by atoms with Crippen LogP contribution >= 0.6 is 0 Å². The molecule has 0 aliphatic heterocycles. The van der Waals surface area contributed by atoms with Crippen molar-refractivity contribution in [2.45, 2.75) is 45.8 Å². The van der Waals surface area contributed by atoms with Crippen LogP contribution in [0.1, 0.15) is 33.6 Å². The fourth-order valence-corrected chi connectivity index (χ4v) is 2.83. The lowest BCUT2D eigenvalue weighted by Gasteiger charge is -2.31. The Bertz CT molecular complexity index is 448. The smallest absolute Gasteiger partial charge is 0.200 e. The van der Waals surface area contributed by atoms with Crippen LogP contribution in [0.5, 0.6) is 5.75 Å². The average Bonchev–Trinajstić information content (AvgIpc) is 2.63. The SMILES string of the molecule is CCNC1C(Oc2cccc(F)c2F)CCC1(C)C. The molecule has 2 unspecified atom stereocenters. The third kappa shape index (κ3) is 2.89. The zero-order valence-electron chi connectivity index (χ0n) is 11.7. The molecule has 0 aromatic heterocycles. The van der Waals surface area contributed by atoms with E-state index >= 15 is 0 Å². The van der Waals surface area contributed by atoms with Gasteiger partial charge in [-0.05, 0) is 36.9 Å². The first-order chi connectivity index (χ1) is 8.95. The van der Waals surface area contributed by atoms with Crippen molar-refractivity contribution < 1.29 is 13.5 Å². The number of nitrogens with one attached hydrogen (secondary N) is 1. The van der Waals surface area contributed by atoms with Gasteiger partial charge in [0.25, 0.3) is 0 Å². The maximum atomic E-state index is 13.6. The van der Waals surface area contributed by atoms with Gasteiger partial charge in [-0.3, -0.25) is 0 Å². The summed E-state index contributed by atoms with van der Waals surface area (Å²) < 4.78 is 32.5. The molecule has 0 spiro atoms. The largest absolute Gasteiger partial charge is 0.486 e. The van der Waals surface area contributed by atoms with Crippen LogP contribution in [0, 0.1) is 17.0 Å². The Morgan fingerprint density at radius 2 is 2.11 bits per heavy atom. The van der Waals surface area contributed by atoms with Gasteiger partial charge < -0.3 is 10.1 Å². The molecule has 1 aliphatic rings. The van der Waals surface area contributed by atoms with Crippen LogP contribution in [-0.2, 0) is 0 Å². The molecule has 2 rings (SSSR count). The molecule has 0 bridgehead atoms. The molecule has 2 atom stereocenters. The van der Waals surface area contributed by atoms with E-state index in [0.29, 0.717) is 0 Å². The van der Waals surface area contributed by atoms with Crippen molar-refractivity contribution in [2.24, 2.45) is 5.41 Å². The summed E-state index contributed by atoms with van der Waals surface area (Å²) in [4.78, 5) is 0. The van der Waals surface area contributed by atoms with E-state index in [-0.39, 0.29) is 23.3 Å². The molecule has 19 heavy (non-hydrogen) atoms. The standard InChI is InChI=1S/C15H21F2NO/c1-4-18-14-12(8-9-15(14,2)3)19-11-7-5-6-10(16)13(11)17/h5-7,12,14,18H,4,8-9H2,1-3H3. The maximum absolute atomic E-state index is 13.6. The topological polar surface area (TPSA) is 21.3 Å². The Labute approximate surface area is 113 Å². The van der Waals surface area contributed by atoms with Gasteiger partial charge in [0, 0.05) is 6.04 Å². The quantitative estimate of drug-likeness (QED) is 0.903. The summed E-state index contributed by atoms with van der Waals surface area (Å²) in [5, 5.41) is 3.40. The molecule has 0 heterocycles. The van der Waals surface area contributed by atoms with E-state index in [1.54, 1.807) is 0 Å². The molecule has 1 aromatic rings. The summed E-state index contributed by atoms with van der Waals surface area (Å²) in [6.07, 6.45) is 1.73. The van der Waals surface area contributed by atoms with Crippen LogP contribution in [0.4, 0.5) is 8.78 Å². The average molecular weight is 269 g/mol. The Balaban J connectivity index is 2.16. The Hall–Kier alpha value is -1.16. The zero-order valence-corrected chi connectivity index (χ0v) is 11.7. The van der Waals surface area contributed by atoms with Crippen molar-refractivity contribution in [3.8, 4) is 5.75 Å². The molecule has 2 nitrogen and oxygen atoms in total. The van der Waals surface area contributed by atoms with Gasteiger partial charge >= 0.3 is 0 Å². The second-order valence-electron chi connectivity index (χ2n) is 5.77.